The third kappa shape index (κ3) is 4.99. The van der Waals surface area contributed by atoms with Gasteiger partial charge < -0.3 is 14.7 Å². The monoisotopic (exact) mass is 625 g/mol. The summed E-state index contributed by atoms with van der Waals surface area (Å²) in [6, 6.07) is 31.5. The molecular formula is C30H22IrN2O-2. The van der Waals surface area contributed by atoms with E-state index in [4.69, 9.17) is 13.0 Å². The van der Waals surface area contributed by atoms with Gasteiger partial charge in [-0.25, -0.2) is 0 Å². The number of nitrogens with zero attached hydrogens (tertiary/aromatic N) is 2. The normalized spacial score (nSPS) is 14.0. The molecule has 34 heavy (non-hydrogen) atoms. The molecule has 6 rings (SSSR count). The predicted octanol–water partition coefficient (Wildman–Crippen LogP) is 7.48. The minimum absolute atomic E-state index is 0. The summed E-state index contributed by atoms with van der Waals surface area (Å²) in [7, 11) is 0. The van der Waals surface area contributed by atoms with Gasteiger partial charge in [0.25, 0.3) is 0 Å². The van der Waals surface area contributed by atoms with Crippen molar-refractivity contribution >= 4 is 0 Å². The van der Waals surface area contributed by atoms with Crippen LogP contribution < -0.4 is 4.74 Å². The van der Waals surface area contributed by atoms with E-state index in [-0.39, 0.29) is 31.2 Å². The van der Waals surface area contributed by atoms with Crippen LogP contribution in [0.25, 0.3) is 33.6 Å². The van der Waals surface area contributed by atoms with Gasteiger partial charge in [-0.1, -0.05) is 48.8 Å². The Hall–Kier alpha value is -3.59. The summed E-state index contributed by atoms with van der Waals surface area (Å²) >= 11 is 0. The summed E-state index contributed by atoms with van der Waals surface area (Å²) in [5, 5.41) is 0. The van der Waals surface area contributed by atoms with Crippen molar-refractivity contribution in [2.45, 2.75) is 13.7 Å². The predicted molar refractivity (Wildman–Crippen MR) is 132 cm³/mol. The number of hydrogen-bond acceptors (Lipinski definition) is 3. The van der Waals surface area contributed by atoms with Crippen molar-refractivity contribution in [2.75, 3.05) is 0 Å². The van der Waals surface area contributed by atoms with E-state index in [1.165, 1.54) is 24.4 Å². The summed E-state index contributed by atoms with van der Waals surface area (Å²) in [5.74, 6) is 1.66. The van der Waals surface area contributed by atoms with Crippen molar-refractivity contribution in [2.24, 2.45) is 0 Å². The molecule has 1 radical (unpaired) electrons. The molecule has 0 saturated carbocycles. The van der Waals surface area contributed by atoms with Crippen LogP contribution in [0.1, 0.15) is 19.4 Å². The minimum atomic E-state index is -2.18. The number of hydrogen-bond donors (Lipinski definition) is 0. The number of benzene rings is 3. The second kappa shape index (κ2) is 10.6. The molecule has 2 aromatic heterocycles. The van der Waals surface area contributed by atoms with Gasteiger partial charge in [-0.15, -0.1) is 59.7 Å². The number of fused-ring (bicyclic) bond motifs is 5. The second-order valence-corrected chi connectivity index (χ2v) is 7.33. The van der Waals surface area contributed by atoms with Crippen LogP contribution in [0.3, 0.4) is 0 Å². The largest absolute Gasteiger partial charge is 0.501 e. The van der Waals surface area contributed by atoms with E-state index in [0.717, 1.165) is 33.9 Å². The van der Waals surface area contributed by atoms with Crippen LogP contribution in [0.15, 0.2) is 97.3 Å². The maximum absolute atomic E-state index is 7.28. The molecule has 3 aromatic carbocycles. The summed E-state index contributed by atoms with van der Waals surface area (Å²) in [5.41, 5.74) is 5.53. The molecule has 0 spiro atoms. The van der Waals surface area contributed by atoms with E-state index >= 15 is 0 Å². The van der Waals surface area contributed by atoms with Gasteiger partial charge in [-0.3, -0.25) is 0 Å². The third-order valence-electron chi connectivity index (χ3n) is 5.11. The standard InChI is InChI=1S/C17H10NO.C13H12N.Ir/c1-3-9-15-12(6-1)13-8-5-11-18-17(13)14-7-2-4-10-16(14)19-15;1-10-3-6-12(7-4-10)13-8-5-11(2)9-14-13;/h1-6,8-11H;3-6,8-9H,1-2H3;/q2*-1;/i;1D3,2D3;. The summed E-state index contributed by atoms with van der Waals surface area (Å²) in [4.78, 5) is 8.58. The number of ether oxygens (including phenoxy) is 1. The quantitative estimate of drug-likeness (QED) is 0.178. The topological polar surface area (TPSA) is 35.0 Å². The van der Waals surface area contributed by atoms with Gasteiger partial charge in [-0.05, 0) is 41.5 Å². The Morgan fingerprint density at radius 2 is 1.59 bits per heavy atom. The molecule has 3 heterocycles. The number of para-hydroxylation sites is 1. The molecule has 4 heteroatoms. The smallest absolute Gasteiger partial charge is 0.121 e. The van der Waals surface area contributed by atoms with Gasteiger partial charge in [0.2, 0.25) is 0 Å². The summed E-state index contributed by atoms with van der Waals surface area (Å²) < 4.78 is 49.7. The molecular weight excluding hydrogens is 597 g/mol. The molecule has 0 bridgehead atoms. The molecule has 0 atom stereocenters. The van der Waals surface area contributed by atoms with Crippen molar-refractivity contribution in [1.29, 1.82) is 0 Å². The Morgan fingerprint density at radius 1 is 0.765 bits per heavy atom. The van der Waals surface area contributed by atoms with Crippen molar-refractivity contribution in [3.05, 3.63) is 121 Å². The Kier molecular flexibility index (Phi) is 5.26. The zero-order chi connectivity index (χ0) is 27.6. The molecule has 3 nitrogen and oxygen atoms in total. The first-order valence-electron chi connectivity index (χ1n) is 13.3. The molecule has 0 saturated heterocycles. The van der Waals surface area contributed by atoms with E-state index in [9.17, 15) is 0 Å². The molecule has 0 N–H and O–H groups in total. The number of aromatic nitrogens is 2. The van der Waals surface area contributed by atoms with E-state index in [2.05, 4.69) is 34.2 Å². The Bertz CT molecular complexity index is 1480. The summed E-state index contributed by atoms with van der Waals surface area (Å²) in [6.45, 7) is -4.34. The van der Waals surface area contributed by atoms with Crippen LogP contribution in [-0.2, 0) is 20.1 Å². The first-order valence-corrected chi connectivity index (χ1v) is 10.3. The van der Waals surface area contributed by atoms with E-state index in [0.29, 0.717) is 11.3 Å². The first-order chi connectivity index (χ1) is 18.6. The van der Waals surface area contributed by atoms with Crippen LogP contribution in [0.5, 0.6) is 11.5 Å². The molecule has 0 amide bonds. The van der Waals surface area contributed by atoms with E-state index < -0.39 is 13.7 Å². The van der Waals surface area contributed by atoms with Crippen molar-refractivity contribution in [3.63, 3.8) is 0 Å². The van der Waals surface area contributed by atoms with Gasteiger partial charge >= 0.3 is 0 Å². The molecule has 1 aliphatic heterocycles. The fraction of sp³-hybridized carbons (Fsp3) is 0.0667. The average Bonchev–Trinajstić information content (AvgIpc) is 3.07. The number of aryl methyl sites for hydroxylation is 2. The Balaban J connectivity index is 0.000000180. The zero-order valence-corrected chi connectivity index (χ0v) is 20.3. The van der Waals surface area contributed by atoms with Crippen LogP contribution in [0.2, 0.25) is 0 Å². The first kappa shape index (κ1) is 16.9. The fourth-order valence-electron chi connectivity index (χ4n) is 3.55. The number of pyridine rings is 2. The van der Waals surface area contributed by atoms with Crippen molar-refractivity contribution in [1.82, 2.24) is 9.97 Å². The molecule has 0 aliphatic carbocycles. The maximum Gasteiger partial charge on any atom is 0.121 e. The van der Waals surface area contributed by atoms with Crippen LogP contribution in [0, 0.1) is 25.8 Å². The van der Waals surface area contributed by atoms with Gasteiger partial charge in [0.1, 0.15) is 5.75 Å². The molecule has 5 aromatic rings. The molecule has 169 valence electrons. The van der Waals surface area contributed by atoms with Crippen LogP contribution in [0.4, 0.5) is 0 Å². The second-order valence-electron chi connectivity index (χ2n) is 7.33. The molecule has 0 unspecified atom stereocenters. The average molecular weight is 625 g/mol. The number of rotatable bonds is 1. The Labute approximate surface area is 222 Å². The zero-order valence-electron chi connectivity index (χ0n) is 23.9. The fourth-order valence-corrected chi connectivity index (χ4v) is 3.55. The van der Waals surface area contributed by atoms with E-state index in [1.807, 2.05) is 42.5 Å². The minimum Gasteiger partial charge on any atom is -0.501 e. The third-order valence-corrected chi connectivity index (χ3v) is 5.11. The Morgan fingerprint density at radius 3 is 2.38 bits per heavy atom. The maximum atomic E-state index is 7.28. The van der Waals surface area contributed by atoms with Crippen LogP contribution >= 0.6 is 0 Å². The molecule has 1 aliphatic rings. The van der Waals surface area contributed by atoms with Crippen LogP contribution in [-0.4, -0.2) is 9.97 Å². The van der Waals surface area contributed by atoms with Gasteiger partial charge in [0.15, 0.2) is 0 Å². The van der Waals surface area contributed by atoms with E-state index in [1.54, 1.807) is 18.3 Å². The summed E-state index contributed by atoms with van der Waals surface area (Å²) in [6.07, 6.45) is 3.10. The SMILES string of the molecule is [2H]C([2H])([2H])c1c[c-]c(-c2ccc(C([2H])([2H])[2H])cn2)cc1.[Ir].[c-]1cccc2c1-c1ncccc1-c1ccccc1O2. The van der Waals surface area contributed by atoms with Crippen molar-refractivity contribution in [3.8, 4) is 45.1 Å². The van der Waals surface area contributed by atoms with Gasteiger partial charge in [-0.2, -0.15) is 0 Å². The van der Waals surface area contributed by atoms with Gasteiger partial charge in [0, 0.05) is 52.0 Å². The molecule has 0 fully saturated rings. The van der Waals surface area contributed by atoms with Crippen molar-refractivity contribution < 1.29 is 33.1 Å². The van der Waals surface area contributed by atoms with Gasteiger partial charge in [0.05, 0.1) is 0 Å².